The molecule has 1 N–H and O–H groups in total. The van der Waals surface area contributed by atoms with Crippen LogP contribution in [0.2, 0.25) is 0 Å². The van der Waals surface area contributed by atoms with E-state index in [2.05, 4.69) is 10.1 Å². The molecule has 1 heterocycles. The predicted octanol–water partition coefficient (Wildman–Crippen LogP) is 1.42. The van der Waals surface area contributed by atoms with Crippen LogP contribution in [0.5, 0.6) is 11.5 Å². The lowest BCUT2D eigenvalue weighted by molar-refractivity contribution is -0.125. The van der Waals surface area contributed by atoms with Crippen LogP contribution in [0.4, 0.5) is 4.79 Å². The van der Waals surface area contributed by atoms with Gasteiger partial charge in [0.15, 0.2) is 0 Å². The fourth-order valence-electron chi connectivity index (χ4n) is 2.51. The standard InChI is InChI=1S/C16H22N2O5/c1-21-12-5-7-13(8-6-12)23-11-9-17-15(19)14-4-3-10-18(14)16(20)22-2/h5-8,14H,3-4,9-11H2,1-2H3,(H,17,19). The highest BCUT2D eigenvalue weighted by atomic mass is 16.5. The summed E-state index contributed by atoms with van der Waals surface area (Å²) in [7, 11) is 2.92. The first kappa shape index (κ1) is 16.9. The number of benzene rings is 1. The molecular formula is C16H22N2O5. The predicted molar refractivity (Wildman–Crippen MR) is 83.6 cm³/mol. The summed E-state index contributed by atoms with van der Waals surface area (Å²) in [5, 5.41) is 2.79. The quantitative estimate of drug-likeness (QED) is 0.802. The Kier molecular flexibility index (Phi) is 6.08. The maximum absolute atomic E-state index is 12.1. The number of nitrogens with one attached hydrogen (secondary N) is 1. The average molecular weight is 322 g/mol. The molecule has 0 radical (unpaired) electrons. The molecule has 0 spiro atoms. The number of carbonyl (C=O) groups is 2. The Morgan fingerprint density at radius 1 is 1.22 bits per heavy atom. The van der Waals surface area contributed by atoms with Crippen LogP contribution in [-0.4, -0.2) is 56.9 Å². The minimum atomic E-state index is -0.461. The summed E-state index contributed by atoms with van der Waals surface area (Å²) >= 11 is 0. The first-order valence-corrected chi connectivity index (χ1v) is 7.55. The maximum atomic E-state index is 12.1. The number of methoxy groups -OCH3 is 2. The molecule has 7 nitrogen and oxygen atoms in total. The fraction of sp³-hybridized carbons (Fsp3) is 0.500. The summed E-state index contributed by atoms with van der Waals surface area (Å²) in [5.74, 6) is 1.29. The van der Waals surface area contributed by atoms with Gasteiger partial charge in [-0.05, 0) is 37.1 Å². The molecule has 1 fully saturated rings. The van der Waals surface area contributed by atoms with Crippen LogP contribution in [0.3, 0.4) is 0 Å². The lowest BCUT2D eigenvalue weighted by atomic mass is 10.2. The molecule has 0 aliphatic carbocycles. The molecule has 2 rings (SSSR count). The Bertz CT molecular complexity index is 532. The number of nitrogens with zero attached hydrogens (tertiary/aromatic N) is 1. The van der Waals surface area contributed by atoms with Crippen molar-refractivity contribution >= 4 is 12.0 Å². The number of hydrogen-bond donors (Lipinski definition) is 1. The molecule has 1 aromatic rings. The van der Waals surface area contributed by atoms with E-state index in [0.29, 0.717) is 31.9 Å². The van der Waals surface area contributed by atoms with Gasteiger partial charge >= 0.3 is 6.09 Å². The minimum Gasteiger partial charge on any atom is -0.497 e. The van der Waals surface area contributed by atoms with E-state index in [1.165, 1.54) is 12.0 Å². The van der Waals surface area contributed by atoms with Crippen LogP contribution in [0, 0.1) is 0 Å². The topological polar surface area (TPSA) is 77.1 Å². The highest BCUT2D eigenvalue weighted by Crippen LogP contribution is 2.18. The number of carbonyl (C=O) groups excluding carboxylic acids is 2. The highest BCUT2D eigenvalue weighted by molar-refractivity contribution is 5.86. The number of hydrogen-bond acceptors (Lipinski definition) is 5. The first-order chi connectivity index (χ1) is 11.2. The van der Waals surface area contributed by atoms with Gasteiger partial charge in [0, 0.05) is 6.54 Å². The Labute approximate surface area is 135 Å². The van der Waals surface area contributed by atoms with E-state index >= 15 is 0 Å². The molecule has 0 bridgehead atoms. The largest absolute Gasteiger partial charge is 0.497 e. The number of rotatable bonds is 6. The van der Waals surface area contributed by atoms with Crippen LogP contribution in [-0.2, 0) is 9.53 Å². The summed E-state index contributed by atoms with van der Waals surface area (Å²) in [6, 6.07) is 6.76. The molecule has 1 aromatic carbocycles. The van der Waals surface area contributed by atoms with E-state index in [1.54, 1.807) is 31.4 Å². The molecule has 23 heavy (non-hydrogen) atoms. The smallest absolute Gasteiger partial charge is 0.410 e. The minimum absolute atomic E-state index is 0.175. The molecule has 1 aliphatic rings. The van der Waals surface area contributed by atoms with E-state index in [9.17, 15) is 9.59 Å². The van der Waals surface area contributed by atoms with E-state index in [4.69, 9.17) is 9.47 Å². The van der Waals surface area contributed by atoms with Crippen molar-refractivity contribution in [1.29, 1.82) is 0 Å². The Balaban J connectivity index is 1.72. The molecular weight excluding hydrogens is 300 g/mol. The van der Waals surface area contributed by atoms with Crippen molar-refractivity contribution in [2.45, 2.75) is 18.9 Å². The van der Waals surface area contributed by atoms with E-state index in [-0.39, 0.29) is 5.91 Å². The van der Waals surface area contributed by atoms with Crippen molar-refractivity contribution in [3.05, 3.63) is 24.3 Å². The summed E-state index contributed by atoms with van der Waals surface area (Å²) < 4.78 is 15.3. The molecule has 0 aromatic heterocycles. The maximum Gasteiger partial charge on any atom is 0.410 e. The lowest BCUT2D eigenvalue weighted by Crippen LogP contribution is -2.46. The number of ether oxygens (including phenoxy) is 3. The van der Waals surface area contributed by atoms with E-state index in [0.717, 1.165) is 12.2 Å². The second-order valence-electron chi connectivity index (χ2n) is 5.14. The van der Waals surface area contributed by atoms with Gasteiger partial charge < -0.3 is 19.5 Å². The van der Waals surface area contributed by atoms with Crippen molar-refractivity contribution in [3.63, 3.8) is 0 Å². The van der Waals surface area contributed by atoms with Gasteiger partial charge in [-0.2, -0.15) is 0 Å². The van der Waals surface area contributed by atoms with Crippen LogP contribution in [0.25, 0.3) is 0 Å². The summed E-state index contributed by atoms with van der Waals surface area (Å²) in [6.07, 6.45) is 0.993. The second-order valence-corrected chi connectivity index (χ2v) is 5.14. The van der Waals surface area contributed by atoms with E-state index in [1.807, 2.05) is 0 Å². The molecule has 1 atom stereocenters. The van der Waals surface area contributed by atoms with Gasteiger partial charge in [0.2, 0.25) is 5.91 Å². The monoisotopic (exact) mass is 322 g/mol. The Morgan fingerprint density at radius 3 is 2.57 bits per heavy atom. The number of amides is 2. The molecule has 0 saturated carbocycles. The Hall–Kier alpha value is -2.44. The zero-order valence-corrected chi connectivity index (χ0v) is 13.4. The molecule has 1 aliphatic heterocycles. The van der Waals surface area contributed by atoms with Gasteiger partial charge in [-0.15, -0.1) is 0 Å². The summed E-state index contributed by atoms with van der Waals surface area (Å²) in [6.45, 7) is 1.27. The van der Waals surface area contributed by atoms with Crippen molar-refractivity contribution in [1.82, 2.24) is 10.2 Å². The lowest BCUT2D eigenvalue weighted by Gasteiger charge is -2.22. The van der Waals surface area contributed by atoms with Crippen LogP contribution in [0.15, 0.2) is 24.3 Å². The zero-order valence-electron chi connectivity index (χ0n) is 13.4. The van der Waals surface area contributed by atoms with Gasteiger partial charge in [0.05, 0.1) is 20.8 Å². The second kappa shape index (κ2) is 8.26. The van der Waals surface area contributed by atoms with Crippen LogP contribution in [0.1, 0.15) is 12.8 Å². The van der Waals surface area contributed by atoms with Crippen molar-refractivity contribution < 1.29 is 23.8 Å². The molecule has 1 unspecified atom stereocenters. The SMILES string of the molecule is COC(=O)N1CCCC1C(=O)NCCOc1ccc(OC)cc1. The molecule has 126 valence electrons. The molecule has 1 saturated heterocycles. The highest BCUT2D eigenvalue weighted by Gasteiger charge is 2.34. The first-order valence-electron chi connectivity index (χ1n) is 7.55. The van der Waals surface area contributed by atoms with Gasteiger partial charge in [0.25, 0.3) is 0 Å². The Morgan fingerprint density at radius 2 is 1.91 bits per heavy atom. The fourth-order valence-corrected chi connectivity index (χ4v) is 2.51. The van der Waals surface area contributed by atoms with Crippen LogP contribution >= 0.6 is 0 Å². The molecule has 7 heteroatoms. The van der Waals surface area contributed by atoms with Crippen LogP contribution < -0.4 is 14.8 Å². The van der Waals surface area contributed by atoms with Gasteiger partial charge in [-0.25, -0.2) is 4.79 Å². The van der Waals surface area contributed by atoms with Crippen molar-refractivity contribution in [3.8, 4) is 11.5 Å². The third kappa shape index (κ3) is 4.51. The van der Waals surface area contributed by atoms with Crippen molar-refractivity contribution in [2.75, 3.05) is 33.9 Å². The van der Waals surface area contributed by atoms with Gasteiger partial charge in [-0.1, -0.05) is 0 Å². The van der Waals surface area contributed by atoms with E-state index < -0.39 is 12.1 Å². The average Bonchev–Trinajstić information content (AvgIpc) is 3.08. The third-order valence-electron chi connectivity index (χ3n) is 3.69. The molecule has 2 amide bonds. The zero-order chi connectivity index (χ0) is 16.7. The third-order valence-corrected chi connectivity index (χ3v) is 3.69. The van der Waals surface area contributed by atoms with Gasteiger partial charge in [-0.3, -0.25) is 9.69 Å². The normalized spacial score (nSPS) is 16.8. The number of likely N-dealkylation sites (tertiary alicyclic amines) is 1. The summed E-state index contributed by atoms with van der Waals surface area (Å²) in [4.78, 5) is 25.2. The van der Waals surface area contributed by atoms with Gasteiger partial charge in [0.1, 0.15) is 24.1 Å². The summed E-state index contributed by atoms with van der Waals surface area (Å²) in [5.41, 5.74) is 0. The van der Waals surface area contributed by atoms with Crippen molar-refractivity contribution in [2.24, 2.45) is 0 Å².